The van der Waals surface area contributed by atoms with Crippen molar-refractivity contribution in [2.24, 2.45) is 5.73 Å². The third kappa shape index (κ3) is 2.50. The van der Waals surface area contributed by atoms with Gasteiger partial charge < -0.3 is 24.7 Å². The molecule has 0 aliphatic carbocycles. The van der Waals surface area contributed by atoms with Crippen LogP contribution in [0, 0.1) is 0 Å². The molecule has 0 unspecified atom stereocenters. The van der Waals surface area contributed by atoms with Gasteiger partial charge in [0.25, 0.3) is 0 Å². The molecule has 2 heterocycles. The molecule has 1 amide bonds. The van der Waals surface area contributed by atoms with Gasteiger partial charge in [-0.25, -0.2) is 4.79 Å². The van der Waals surface area contributed by atoms with Crippen LogP contribution in [0.4, 0.5) is 4.79 Å². The van der Waals surface area contributed by atoms with E-state index in [1.807, 2.05) is 20.8 Å². The van der Waals surface area contributed by atoms with Crippen LogP contribution in [0.1, 0.15) is 20.8 Å². The highest BCUT2D eigenvalue weighted by Gasteiger charge is 2.61. The van der Waals surface area contributed by atoms with Crippen LogP contribution in [-0.4, -0.2) is 67.9 Å². The summed E-state index contributed by atoms with van der Waals surface area (Å²) in [6.45, 7) is 6.07. The van der Waals surface area contributed by atoms with E-state index in [4.69, 9.17) is 24.7 Å². The second-order valence-corrected chi connectivity index (χ2v) is 6.24. The maximum Gasteiger partial charge on any atom is 0.410 e. The Labute approximate surface area is 119 Å². The third-order valence-corrected chi connectivity index (χ3v) is 3.72. The Bertz CT molecular complexity index is 377. The molecule has 2 saturated heterocycles. The highest BCUT2D eigenvalue weighted by molar-refractivity contribution is 5.69. The van der Waals surface area contributed by atoms with Gasteiger partial charge >= 0.3 is 6.09 Å². The average molecular weight is 288 g/mol. The van der Waals surface area contributed by atoms with E-state index in [1.54, 1.807) is 4.90 Å². The van der Waals surface area contributed by atoms with E-state index in [9.17, 15) is 4.79 Å². The number of hydrogen-bond donors (Lipinski definition) is 1. The van der Waals surface area contributed by atoms with E-state index in [2.05, 4.69) is 0 Å². The number of nitrogens with two attached hydrogens (primary N) is 1. The van der Waals surface area contributed by atoms with Gasteiger partial charge in [-0.2, -0.15) is 0 Å². The molecule has 3 atom stereocenters. The van der Waals surface area contributed by atoms with Gasteiger partial charge in [-0.05, 0) is 20.8 Å². The van der Waals surface area contributed by atoms with E-state index >= 15 is 0 Å². The number of carbonyl (C=O) groups excluding carboxylic acids is 1. The number of fused-ring (bicyclic) bond motifs is 1. The molecular formula is C13H24N2O5. The minimum atomic E-state index is -0.990. The fourth-order valence-electron chi connectivity index (χ4n) is 2.81. The summed E-state index contributed by atoms with van der Waals surface area (Å²) in [6, 6.07) is -0.679. The van der Waals surface area contributed by atoms with Crippen molar-refractivity contribution in [2.75, 3.05) is 27.4 Å². The van der Waals surface area contributed by atoms with Crippen molar-refractivity contribution >= 4 is 6.09 Å². The van der Waals surface area contributed by atoms with Crippen molar-refractivity contribution < 1.29 is 23.7 Å². The van der Waals surface area contributed by atoms with Crippen molar-refractivity contribution in [3.05, 3.63) is 0 Å². The first-order valence-corrected chi connectivity index (χ1v) is 6.71. The van der Waals surface area contributed by atoms with Crippen LogP contribution in [-0.2, 0) is 18.9 Å². The Kier molecular flexibility index (Phi) is 3.98. The molecule has 0 aromatic heterocycles. The van der Waals surface area contributed by atoms with E-state index in [-0.39, 0.29) is 18.8 Å². The molecule has 2 N–H and O–H groups in total. The molecule has 2 fully saturated rings. The standard InChI is InChI=1S/C13H24N2O5/c1-12(2,3)20-11(16)15-6-8(14)9-10(15)13(17-4,18-5)7-19-9/h8-10H,6-7,14H2,1-5H3/t8-,9-,10+/m1/s1. The number of likely N-dealkylation sites (tertiary alicyclic amines) is 1. The zero-order valence-corrected chi connectivity index (χ0v) is 12.7. The number of amides is 1. The van der Waals surface area contributed by atoms with Crippen molar-refractivity contribution in [3.8, 4) is 0 Å². The van der Waals surface area contributed by atoms with Crippen LogP contribution in [0.3, 0.4) is 0 Å². The molecule has 0 aromatic rings. The second kappa shape index (κ2) is 5.14. The van der Waals surface area contributed by atoms with Crippen LogP contribution in [0.5, 0.6) is 0 Å². The molecule has 0 saturated carbocycles. The molecule has 2 rings (SSSR count). The van der Waals surface area contributed by atoms with Gasteiger partial charge in [-0.1, -0.05) is 0 Å². The third-order valence-electron chi connectivity index (χ3n) is 3.72. The van der Waals surface area contributed by atoms with E-state index in [0.29, 0.717) is 6.54 Å². The van der Waals surface area contributed by atoms with Crippen LogP contribution in [0.15, 0.2) is 0 Å². The molecule has 7 heteroatoms. The fourth-order valence-corrected chi connectivity index (χ4v) is 2.81. The predicted molar refractivity (Wildman–Crippen MR) is 71.2 cm³/mol. The van der Waals surface area contributed by atoms with Gasteiger partial charge in [0.2, 0.25) is 5.79 Å². The second-order valence-electron chi connectivity index (χ2n) is 6.24. The monoisotopic (exact) mass is 288 g/mol. The topological polar surface area (TPSA) is 83.3 Å². The van der Waals surface area contributed by atoms with Gasteiger partial charge in [0.1, 0.15) is 24.4 Å². The number of methoxy groups -OCH3 is 2. The van der Waals surface area contributed by atoms with Crippen molar-refractivity contribution in [2.45, 2.75) is 50.3 Å². The van der Waals surface area contributed by atoms with Gasteiger partial charge in [0.05, 0.1) is 6.04 Å². The smallest absolute Gasteiger partial charge is 0.410 e. The van der Waals surface area contributed by atoms with Crippen molar-refractivity contribution in [3.63, 3.8) is 0 Å². The largest absolute Gasteiger partial charge is 0.444 e. The predicted octanol–water partition coefficient (Wildman–Crippen LogP) is 0.321. The lowest BCUT2D eigenvalue weighted by Crippen LogP contribution is -2.55. The SMILES string of the molecule is COC1(OC)CO[C@@H]2[C@H](N)CN(C(=O)OC(C)(C)C)[C@@H]21. The Morgan fingerprint density at radius 3 is 2.45 bits per heavy atom. The molecule has 7 nitrogen and oxygen atoms in total. The first-order chi connectivity index (χ1) is 9.24. The van der Waals surface area contributed by atoms with E-state index in [0.717, 1.165) is 0 Å². The molecular weight excluding hydrogens is 264 g/mol. The lowest BCUT2D eigenvalue weighted by atomic mass is 10.0. The van der Waals surface area contributed by atoms with E-state index in [1.165, 1.54) is 14.2 Å². The summed E-state index contributed by atoms with van der Waals surface area (Å²) < 4.78 is 22.0. The maximum atomic E-state index is 12.4. The summed E-state index contributed by atoms with van der Waals surface area (Å²) in [7, 11) is 3.07. The molecule has 2 aliphatic rings. The molecule has 0 aromatic carbocycles. The van der Waals surface area contributed by atoms with Crippen molar-refractivity contribution in [1.82, 2.24) is 4.90 Å². The summed E-state index contributed by atoms with van der Waals surface area (Å²) in [4.78, 5) is 13.9. The molecule has 0 spiro atoms. The minimum absolute atomic E-state index is 0.238. The van der Waals surface area contributed by atoms with Crippen LogP contribution in [0.25, 0.3) is 0 Å². The Balaban J connectivity index is 2.23. The quantitative estimate of drug-likeness (QED) is 0.737. The summed E-state index contributed by atoms with van der Waals surface area (Å²) >= 11 is 0. The first-order valence-electron chi connectivity index (χ1n) is 6.71. The lowest BCUT2D eigenvalue weighted by Gasteiger charge is -2.36. The summed E-state index contributed by atoms with van der Waals surface area (Å²) in [5, 5.41) is 0. The summed E-state index contributed by atoms with van der Waals surface area (Å²) in [5.41, 5.74) is 5.49. The van der Waals surface area contributed by atoms with Gasteiger partial charge in [0, 0.05) is 20.8 Å². The van der Waals surface area contributed by atoms with Gasteiger partial charge in [-0.15, -0.1) is 0 Å². The normalized spacial score (nSPS) is 32.3. The zero-order chi connectivity index (χ0) is 15.1. The molecule has 0 radical (unpaired) electrons. The highest BCUT2D eigenvalue weighted by Crippen LogP contribution is 2.38. The van der Waals surface area contributed by atoms with Gasteiger partial charge in [-0.3, -0.25) is 4.90 Å². The van der Waals surface area contributed by atoms with Crippen LogP contribution < -0.4 is 5.73 Å². The number of rotatable bonds is 2. The Hall–Kier alpha value is -0.890. The Morgan fingerprint density at radius 2 is 1.95 bits per heavy atom. The summed E-state index contributed by atoms with van der Waals surface area (Å²) in [5.74, 6) is -0.990. The number of nitrogens with zero attached hydrogens (tertiary/aromatic N) is 1. The molecule has 0 bridgehead atoms. The minimum Gasteiger partial charge on any atom is -0.444 e. The zero-order valence-electron chi connectivity index (χ0n) is 12.7. The average Bonchev–Trinajstić information content (AvgIpc) is 2.87. The first kappa shape index (κ1) is 15.5. The molecule has 116 valence electrons. The maximum absolute atomic E-state index is 12.4. The van der Waals surface area contributed by atoms with Crippen LogP contribution >= 0.6 is 0 Å². The fraction of sp³-hybridized carbons (Fsp3) is 0.923. The number of carbonyl (C=O) groups is 1. The van der Waals surface area contributed by atoms with Crippen molar-refractivity contribution in [1.29, 1.82) is 0 Å². The van der Waals surface area contributed by atoms with E-state index < -0.39 is 23.5 Å². The number of ether oxygens (including phenoxy) is 4. The van der Waals surface area contributed by atoms with Gasteiger partial charge in [0.15, 0.2) is 0 Å². The Morgan fingerprint density at radius 1 is 1.35 bits per heavy atom. The van der Waals surface area contributed by atoms with Crippen LogP contribution in [0.2, 0.25) is 0 Å². The lowest BCUT2D eigenvalue weighted by molar-refractivity contribution is -0.224. The number of hydrogen-bond acceptors (Lipinski definition) is 6. The molecule has 2 aliphatic heterocycles. The molecule has 20 heavy (non-hydrogen) atoms. The highest BCUT2D eigenvalue weighted by atomic mass is 16.7. The summed E-state index contributed by atoms with van der Waals surface area (Å²) in [6.07, 6.45) is -0.730.